The van der Waals surface area contributed by atoms with Crippen LogP contribution in [-0.4, -0.2) is 22.9 Å². The summed E-state index contributed by atoms with van der Waals surface area (Å²) in [7, 11) is 0. The van der Waals surface area contributed by atoms with Gasteiger partial charge >= 0.3 is 12.1 Å². The summed E-state index contributed by atoms with van der Waals surface area (Å²) in [6, 6.07) is 8.53. The number of halogens is 3. The molecule has 1 unspecified atom stereocenters. The van der Waals surface area contributed by atoms with Crippen molar-refractivity contribution < 1.29 is 27.8 Å². The first-order valence-corrected chi connectivity index (χ1v) is 8.96. The fraction of sp³-hybridized carbons (Fsp3) is 0.316. The minimum absolute atomic E-state index is 0.104. The Labute approximate surface area is 154 Å². The number of benzene rings is 2. The quantitative estimate of drug-likeness (QED) is 0.654. The number of ether oxygens (including phenoxy) is 1. The van der Waals surface area contributed by atoms with Crippen molar-refractivity contribution >= 4 is 17.7 Å². The average Bonchev–Trinajstić information content (AvgIpc) is 2.55. The van der Waals surface area contributed by atoms with E-state index in [-0.39, 0.29) is 11.3 Å². The van der Waals surface area contributed by atoms with Crippen LogP contribution in [0.5, 0.6) is 5.75 Å². The maximum absolute atomic E-state index is 13.1. The maximum atomic E-state index is 13.1. The monoisotopic (exact) mass is 384 g/mol. The van der Waals surface area contributed by atoms with Crippen molar-refractivity contribution in [3.63, 3.8) is 0 Å². The summed E-state index contributed by atoms with van der Waals surface area (Å²) in [4.78, 5) is 12.1. The standard InChI is InChI=1S/C19H19F3O3S/c1-4-26-14-6-7-15(11(2)9-14)16-10-13(19(20,21)22)5-8-17(16)25-12(3)18(23)24/h5-10,12H,4H2,1-3H3,(H,23,24). The zero-order valence-corrected chi connectivity index (χ0v) is 15.4. The molecule has 0 aliphatic carbocycles. The molecule has 0 radical (unpaired) electrons. The summed E-state index contributed by atoms with van der Waals surface area (Å²) in [6.07, 6.45) is -5.68. The highest BCUT2D eigenvalue weighted by molar-refractivity contribution is 7.99. The molecule has 0 heterocycles. The molecule has 26 heavy (non-hydrogen) atoms. The molecule has 2 rings (SSSR count). The van der Waals surface area contributed by atoms with Gasteiger partial charge in [0.05, 0.1) is 5.56 Å². The SMILES string of the molecule is CCSc1ccc(-c2cc(C(F)(F)F)ccc2OC(C)C(=O)O)c(C)c1. The highest BCUT2D eigenvalue weighted by Crippen LogP contribution is 2.39. The van der Waals surface area contributed by atoms with Crippen molar-refractivity contribution in [1.82, 2.24) is 0 Å². The van der Waals surface area contributed by atoms with Gasteiger partial charge in [0.25, 0.3) is 0 Å². The number of alkyl halides is 3. The number of hydrogen-bond donors (Lipinski definition) is 1. The third-order valence-corrected chi connectivity index (χ3v) is 4.63. The van der Waals surface area contributed by atoms with Crippen LogP contribution < -0.4 is 4.74 Å². The van der Waals surface area contributed by atoms with Crippen molar-refractivity contribution in [3.8, 4) is 16.9 Å². The Morgan fingerprint density at radius 2 is 1.88 bits per heavy atom. The minimum Gasteiger partial charge on any atom is -0.479 e. The van der Waals surface area contributed by atoms with E-state index in [0.717, 1.165) is 28.3 Å². The lowest BCUT2D eigenvalue weighted by Gasteiger charge is -2.18. The average molecular weight is 384 g/mol. The predicted molar refractivity (Wildman–Crippen MR) is 95.7 cm³/mol. The van der Waals surface area contributed by atoms with E-state index in [1.54, 1.807) is 24.8 Å². The number of carboxylic acids is 1. The van der Waals surface area contributed by atoms with E-state index in [9.17, 15) is 18.0 Å². The molecule has 2 aromatic rings. The second-order valence-electron chi connectivity index (χ2n) is 5.72. The molecule has 140 valence electrons. The number of carbonyl (C=O) groups is 1. The van der Waals surface area contributed by atoms with Gasteiger partial charge in [0.15, 0.2) is 6.10 Å². The number of hydrogen-bond acceptors (Lipinski definition) is 3. The van der Waals surface area contributed by atoms with Crippen LogP contribution in [0.15, 0.2) is 41.3 Å². The van der Waals surface area contributed by atoms with Crippen molar-refractivity contribution in [2.75, 3.05) is 5.75 Å². The normalized spacial score (nSPS) is 12.7. The van der Waals surface area contributed by atoms with Crippen LogP contribution in [0.4, 0.5) is 13.2 Å². The largest absolute Gasteiger partial charge is 0.479 e. The second-order valence-corrected chi connectivity index (χ2v) is 7.05. The molecular formula is C19H19F3O3S. The summed E-state index contributed by atoms with van der Waals surface area (Å²) < 4.78 is 44.8. The van der Waals surface area contributed by atoms with Crippen LogP contribution in [0.25, 0.3) is 11.1 Å². The number of thioether (sulfide) groups is 1. The van der Waals surface area contributed by atoms with Gasteiger partial charge in [-0.05, 0) is 61.1 Å². The predicted octanol–water partition coefficient (Wildman–Crippen LogP) is 5.64. The highest BCUT2D eigenvalue weighted by Gasteiger charge is 2.31. The lowest BCUT2D eigenvalue weighted by molar-refractivity contribution is -0.144. The number of rotatable bonds is 6. The van der Waals surface area contributed by atoms with E-state index in [4.69, 9.17) is 9.84 Å². The summed E-state index contributed by atoms with van der Waals surface area (Å²) in [5.41, 5.74) is 0.771. The van der Waals surface area contributed by atoms with Crippen molar-refractivity contribution in [2.45, 2.75) is 37.9 Å². The van der Waals surface area contributed by atoms with Gasteiger partial charge in [0, 0.05) is 10.5 Å². The lowest BCUT2D eigenvalue weighted by atomic mass is 9.97. The Bertz CT molecular complexity index is 803. The Morgan fingerprint density at radius 3 is 2.42 bits per heavy atom. The van der Waals surface area contributed by atoms with Crippen LogP contribution in [0.2, 0.25) is 0 Å². The van der Waals surface area contributed by atoms with Gasteiger partial charge in [-0.3, -0.25) is 0 Å². The Balaban J connectivity index is 2.57. The summed E-state index contributed by atoms with van der Waals surface area (Å²) >= 11 is 1.63. The fourth-order valence-electron chi connectivity index (χ4n) is 2.46. The molecule has 0 aromatic heterocycles. The first kappa shape index (κ1) is 20.2. The van der Waals surface area contributed by atoms with E-state index < -0.39 is 23.8 Å². The summed E-state index contributed by atoms with van der Waals surface area (Å²) in [5, 5.41) is 9.03. The van der Waals surface area contributed by atoms with E-state index in [1.165, 1.54) is 13.0 Å². The van der Waals surface area contributed by atoms with Crippen LogP contribution in [-0.2, 0) is 11.0 Å². The molecule has 0 bridgehead atoms. The molecule has 1 atom stereocenters. The first-order chi connectivity index (χ1) is 12.1. The second kappa shape index (κ2) is 8.03. The Morgan fingerprint density at radius 1 is 1.19 bits per heavy atom. The number of aryl methyl sites for hydroxylation is 1. The Kier molecular flexibility index (Phi) is 6.23. The van der Waals surface area contributed by atoms with Gasteiger partial charge in [-0.1, -0.05) is 13.0 Å². The molecule has 0 aliphatic rings. The molecule has 2 aromatic carbocycles. The molecule has 0 amide bonds. The van der Waals surface area contributed by atoms with E-state index in [1.807, 2.05) is 19.1 Å². The fourth-order valence-corrected chi connectivity index (χ4v) is 3.21. The molecule has 0 spiro atoms. The van der Waals surface area contributed by atoms with Gasteiger partial charge in [0.1, 0.15) is 5.75 Å². The maximum Gasteiger partial charge on any atom is 0.416 e. The van der Waals surface area contributed by atoms with Gasteiger partial charge < -0.3 is 9.84 Å². The zero-order valence-electron chi connectivity index (χ0n) is 14.6. The molecule has 7 heteroatoms. The van der Waals surface area contributed by atoms with E-state index in [2.05, 4.69) is 0 Å². The molecule has 3 nitrogen and oxygen atoms in total. The highest BCUT2D eigenvalue weighted by atomic mass is 32.2. The van der Waals surface area contributed by atoms with Crippen LogP contribution in [0, 0.1) is 6.92 Å². The van der Waals surface area contributed by atoms with Gasteiger partial charge in [-0.25, -0.2) is 4.79 Å². The molecule has 1 N–H and O–H groups in total. The third-order valence-electron chi connectivity index (χ3n) is 3.76. The Hall–Kier alpha value is -2.15. The van der Waals surface area contributed by atoms with Crippen LogP contribution >= 0.6 is 11.8 Å². The molecule has 0 fully saturated rings. The molecule has 0 saturated heterocycles. The molecule has 0 aliphatic heterocycles. The summed E-state index contributed by atoms with van der Waals surface area (Å²) in [5.74, 6) is -0.207. The van der Waals surface area contributed by atoms with Gasteiger partial charge in [-0.15, -0.1) is 11.8 Å². The van der Waals surface area contributed by atoms with Crippen molar-refractivity contribution in [1.29, 1.82) is 0 Å². The zero-order chi connectivity index (χ0) is 19.5. The smallest absolute Gasteiger partial charge is 0.416 e. The van der Waals surface area contributed by atoms with Gasteiger partial charge in [0.2, 0.25) is 0 Å². The minimum atomic E-state index is -4.50. The molecular weight excluding hydrogens is 365 g/mol. The number of aliphatic carboxylic acids is 1. The van der Waals surface area contributed by atoms with Crippen molar-refractivity contribution in [3.05, 3.63) is 47.5 Å². The third kappa shape index (κ3) is 4.72. The topological polar surface area (TPSA) is 46.5 Å². The van der Waals surface area contributed by atoms with E-state index >= 15 is 0 Å². The summed E-state index contributed by atoms with van der Waals surface area (Å²) in [6.45, 7) is 5.15. The first-order valence-electron chi connectivity index (χ1n) is 7.98. The van der Waals surface area contributed by atoms with Crippen molar-refractivity contribution in [2.24, 2.45) is 0 Å². The number of carboxylic acid groups (broad SMARTS) is 1. The van der Waals surface area contributed by atoms with Crippen LogP contribution in [0.3, 0.4) is 0 Å². The van der Waals surface area contributed by atoms with Gasteiger partial charge in [-0.2, -0.15) is 13.2 Å². The van der Waals surface area contributed by atoms with E-state index in [0.29, 0.717) is 5.56 Å². The lowest BCUT2D eigenvalue weighted by Crippen LogP contribution is -2.23. The molecule has 0 saturated carbocycles. The van der Waals surface area contributed by atoms with Crippen LogP contribution in [0.1, 0.15) is 25.0 Å².